The van der Waals surface area contributed by atoms with Gasteiger partial charge in [-0.3, -0.25) is 4.79 Å². The maximum atomic E-state index is 11.4. The van der Waals surface area contributed by atoms with E-state index in [0.717, 1.165) is 0 Å². The number of hydrogen-bond acceptors (Lipinski definition) is 5. The van der Waals surface area contributed by atoms with Crippen molar-refractivity contribution in [2.75, 3.05) is 26.4 Å². The molecule has 0 aliphatic carbocycles. The molecule has 0 unspecified atom stereocenters. The van der Waals surface area contributed by atoms with E-state index in [1.165, 1.54) is 0 Å². The lowest BCUT2D eigenvalue weighted by Gasteiger charge is -2.27. The molecule has 0 aromatic rings. The molecular weight excluding hydrogens is 278 g/mol. The van der Waals surface area contributed by atoms with E-state index in [9.17, 15) is 14.7 Å². The molecule has 0 spiro atoms. The molecule has 0 aromatic heterocycles. The zero-order valence-electron chi connectivity index (χ0n) is 13.3. The fraction of sp³-hybridized carbons (Fsp3) is 0.857. The molecule has 0 aliphatic heterocycles. The second-order valence-electron chi connectivity index (χ2n) is 6.16. The van der Waals surface area contributed by atoms with E-state index in [2.05, 4.69) is 10.1 Å². The van der Waals surface area contributed by atoms with Gasteiger partial charge < -0.3 is 25.0 Å². The number of hydrogen-bond donors (Lipinski definition) is 3. The number of carbonyl (C=O) groups is 2. The Morgan fingerprint density at radius 2 is 1.71 bits per heavy atom. The zero-order chi connectivity index (χ0) is 16.5. The second kappa shape index (κ2) is 8.96. The molecule has 0 fully saturated rings. The quantitative estimate of drug-likeness (QED) is 0.515. The van der Waals surface area contributed by atoms with Gasteiger partial charge in [-0.2, -0.15) is 0 Å². The Balaban J connectivity index is 3.77. The molecule has 7 heteroatoms. The molecule has 0 atom stereocenters. The van der Waals surface area contributed by atoms with Crippen LogP contribution in [-0.4, -0.2) is 59.7 Å². The topological polar surface area (TPSA) is 105 Å². The molecule has 0 aliphatic rings. The number of carboxylic acid groups (broad SMARTS) is 1. The van der Waals surface area contributed by atoms with Crippen molar-refractivity contribution >= 4 is 11.9 Å². The van der Waals surface area contributed by atoms with Crippen molar-refractivity contribution in [3.8, 4) is 0 Å². The van der Waals surface area contributed by atoms with E-state index in [4.69, 9.17) is 9.84 Å². The summed E-state index contributed by atoms with van der Waals surface area (Å²) in [6, 6.07) is 0. The minimum Gasteiger partial charge on any atom is -0.480 e. The summed E-state index contributed by atoms with van der Waals surface area (Å²) < 4.78 is 10.4. The van der Waals surface area contributed by atoms with Crippen molar-refractivity contribution in [3.63, 3.8) is 0 Å². The third kappa shape index (κ3) is 13.6. The number of amides is 1. The van der Waals surface area contributed by atoms with Crippen LogP contribution < -0.4 is 5.32 Å². The number of aliphatic carboxylic acids is 1. The molecule has 0 heterocycles. The molecule has 0 saturated carbocycles. The van der Waals surface area contributed by atoms with Gasteiger partial charge in [0.05, 0.1) is 17.8 Å². The number of aliphatic hydroxyl groups is 1. The smallest absolute Gasteiger partial charge is 0.329 e. The maximum Gasteiger partial charge on any atom is 0.329 e. The predicted octanol–water partition coefficient (Wildman–Crippen LogP) is 0.550. The Morgan fingerprint density at radius 3 is 2.24 bits per heavy atom. The van der Waals surface area contributed by atoms with Crippen LogP contribution in [0.1, 0.15) is 40.5 Å². The first-order valence-electron chi connectivity index (χ1n) is 6.94. The largest absolute Gasteiger partial charge is 0.480 e. The molecule has 0 aromatic carbocycles. The summed E-state index contributed by atoms with van der Waals surface area (Å²) in [5.74, 6) is -1.47. The van der Waals surface area contributed by atoms with Crippen molar-refractivity contribution in [2.24, 2.45) is 0 Å². The minimum absolute atomic E-state index is 0.272. The van der Waals surface area contributed by atoms with Gasteiger partial charge in [-0.1, -0.05) is 0 Å². The van der Waals surface area contributed by atoms with Gasteiger partial charge in [0, 0.05) is 6.54 Å². The van der Waals surface area contributed by atoms with Crippen LogP contribution in [0.3, 0.4) is 0 Å². The van der Waals surface area contributed by atoms with E-state index >= 15 is 0 Å². The Bertz CT molecular complexity index is 335. The lowest BCUT2D eigenvalue weighted by molar-refractivity contribution is -0.143. The Kier molecular flexibility index (Phi) is 8.46. The van der Waals surface area contributed by atoms with E-state index in [0.29, 0.717) is 26.0 Å². The van der Waals surface area contributed by atoms with Gasteiger partial charge in [0.15, 0.2) is 0 Å². The summed E-state index contributed by atoms with van der Waals surface area (Å²) in [7, 11) is 0. The van der Waals surface area contributed by atoms with Crippen LogP contribution in [0.15, 0.2) is 0 Å². The molecular formula is C14H27NO6. The molecule has 124 valence electrons. The average Bonchev–Trinajstić information content (AvgIpc) is 2.25. The molecule has 0 saturated heterocycles. The molecule has 0 radical (unpaired) electrons. The minimum atomic E-state index is -1.11. The fourth-order valence-corrected chi connectivity index (χ4v) is 1.43. The van der Waals surface area contributed by atoms with Gasteiger partial charge in [-0.05, 0) is 40.5 Å². The molecule has 21 heavy (non-hydrogen) atoms. The first-order chi connectivity index (χ1) is 9.52. The van der Waals surface area contributed by atoms with Crippen LogP contribution in [0.4, 0.5) is 0 Å². The molecule has 1 amide bonds. The lowest BCUT2D eigenvalue weighted by Crippen LogP contribution is -2.35. The summed E-state index contributed by atoms with van der Waals surface area (Å²) in [6.45, 7) is 7.35. The first kappa shape index (κ1) is 19.8. The predicted molar refractivity (Wildman–Crippen MR) is 77.0 cm³/mol. The van der Waals surface area contributed by atoms with Crippen molar-refractivity contribution in [1.29, 1.82) is 0 Å². The number of ether oxygens (including phenoxy) is 2. The number of rotatable bonds is 11. The average molecular weight is 305 g/mol. The van der Waals surface area contributed by atoms with Crippen LogP contribution in [0.5, 0.6) is 0 Å². The standard InChI is InChI=1S/C14H27NO6/c1-13(2,19)6-8-21-14(3,4)5-7-15-11(16)9-20-10-12(17)18/h19H,5-10H2,1-4H3,(H,15,16)(H,17,18). The molecule has 3 N–H and O–H groups in total. The third-order valence-corrected chi connectivity index (χ3v) is 2.71. The van der Waals surface area contributed by atoms with Crippen molar-refractivity contribution in [2.45, 2.75) is 51.7 Å². The Hall–Kier alpha value is -1.18. The number of carboxylic acids is 1. The van der Waals surface area contributed by atoms with Crippen molar-refractivity contribution in [3.05, 3.63) is 0 Å². The molecule has 0 bridgehead atoms. The lowest BCUT2D eigenvalue weighted by atomic mass is 10.0. The summed E-state index contributed by atoms with van der Waals surface area (Å²) in [5, 5.41) is 20.6. The van der Waals surface area contributed by atoms with Crippen LogP contribution in [0.2, 0.25) is 0 Å². The number of nitrogens with one attached hydrogen (secondary N) is 1. The normalized spacial score (nSPS) is 12.2. The van der Waals surface area contributed by atoms with Crippen LogP contribution in [0, 0.1) is 0 Å². The summed E-state index contributed by atoms with van der Waals surface area (Å²) >= 11 is 0. The highest BCUT2D eigenvalue weighted by molar-refractivity contribution is 5.77. The maximum absolute atomic E-state index is 11.4. The van der Waals surface area contributed by atoms with Gasteiger partial charge in [-0.15, -0.1) is 0 Å². The fourth-order valence-electron chi connectivity index (χ4n) is 1.43. The molecule has 7 nitrogen and oxygen atoms in total. The SMILES string of the molecule is CC(C)(O)CCOC(C)(C)CCNC(=O)COCC(=O)O. The van der Waals surface area contributed by atoms with Gasteiger partial charge in [0.25, 0.3) is 0 Å². The Morgan fingerprint density at radius 1 is 1.10 bits per heavy atom. The third-order valence-electron chi connectivity index (χ3n) is 2.71. The number of carbonyl (C=O) groups excluding carboxylic acids is 1. The van der Waals surface area contributed by atoms with Gasteiger partial charge in [0.2, 0.25) is 5.91 Å². The summed E-state index contributed by atoms with van der Waals surface area (Å²) in [6.07, 6.45) is 1.13. The molecule has 0 rings (SSSR count). The van der Waals surface area contributed by atoms with Crippen LogP contribution >= 0.6 is 0 Å². The zero-order valence-corrected chi connectivity index (χ0v) is 13.3. The highest BCUT2D eigenvalue weighted by Gasteiger charge is 2.20. The van der Waals surface area contributed by atoms with Crippen molar-refractivity contribution in [1.82, 2.24) is 5.32 Å². The van der Waals surface area contributed by atoms with E-state index in [1.807, 2.05) is 13.8 Å². The van der Waals surface area contributed by atoms with Crippen molar-refractivity contribution < 1.29 is 29.3 Å². The van der Waals surface area contributed by atoms with Gasteiger partial charge in [-0.25, -0.2) is 4.79 Å². The summed E-state index contributed by atoms with van der Waals surface area (Å²) in [4.78, 5) is 21.6. The highest BCUT2D eigenvalue weighted by atomic mass is 16.5. The van der Waals surface area contributed by atoms with E-state index in [-0.39, 0.29) is 12.5 Å². The van der Waals surface area contributed by atoms with E-state index < -0.39 is 23.8 Å². The van der Waals surface area contributed by atoms with Crippen LogP contribution in [-0.2, 0) is 19.1 Å². The van der Waals surface area contributed by atoms with Gasteiger partial charge >= 0.3 is 5.97 Å². The second-order valence-corrected chi connectivity index (χ2v) is 6.16. The van der Waals surface area contributed by atoms with E-state index in [1.54, 1.807) is 13.8 Å². The van der Waals surface area contributed by atoms with Gasteiger partial charge in [0.1, 0.15) is 13.2 Å². The Labute approximate surface area is 125 Å². The monoisotopic (exact) mass is 305 g/mol. The highest BCUT2D eigenvalue weighted by Crippen LogP contribution is 2.16. The summed E-state index contributed by atoms with van der Waals surface area (Å²) in [5.41, 5.74) is -1.17. The first-order valence-corrected chi connectivity index (χ1v) is 6.94. The van der Waals surface area contributed by atoms with Crippen LogP contribution in [0.25, 0.3) is 0 Å².